The largest absolute Gasteiger partial charge is 0.352 e. The van der Waals surface area contributed by atoms with E-state index >= 15 is 0 Å². The fraction of sp³-hybridized carbons (Fsp3) is 0.900. The molecule has 1 aliphatic heterocycles. The number of amides is 1. The molecular formula is C10H18N2OS. The second-order valence-electron chi connectivity index (χ2n) is 4.23. The maximum Gasteiger partial charge on any atom is 0.237 e. The first-order valence-corrected chi connectivity index (χ1v) is 6.55. The molecule has 1 heterocycles. The molecule has 2 unspecified atom stereocenters. The van der Waals surface area contributed by atoms with Crippen molar-refractivity contribution in [3.8, 4) is 0 Å². The summed E-state index contributed by atoms with van der Waals surface area (Å²) in [5.41, 5.74) is 0. The topological polar surface area (TPSA) is 41.1 Å². The van der Waals surface area contributed by atoms with Crippen LogP contribution in [-0.2, 0) is 4.79 Å². The van der Waals surface area contributed by atoms with E-state index in [1.807, 2.05) is 18.7 Å². The molecule has 1 saturated carbocycles. The smallest absolute Gasteiger partial charge is 0.237 e. The van der Waals surface area contributed by atoms with E-state index in [9.17, 15) is 4.79 Å². The number of rotatable bonds is 4. The molecule has 0 spiro atoms. The van der Waals surface area contributed by atoms with E-state index in [4.69, 9.17) is 0 Å². The minimum Gasteiger partial charge on any atom is -0.352 e. The van der Waals surface area contributed by atoms with Crippen molar-refractivity contribution < 1.29 is 4.79 Å². The number of carbonyl (C=O) groups excluding carboxylic acids is 1. The van der Waals surface area contributed by atoms with E-state index in [2.05, 4.69) is 10.6 Å². The zero-order chi connectivity index (χ0) is 9.97. The van der Waals surface area contributed by atoms with Crippen molar-refractivity contribution in [2.45, 2.75) is 44.3 Å². The summed E-state index contributed by atoms with van der Waals surface area (Å²) in [7, 11) is 0. The van der Waals surface area contributed by atoms with E-state index in [-0.39, 0.29) is 11.9 Å². The molecule has 14 heavy (non-hydrogen) atoms. The Morgan fingerprint density at radius 3 is 2.71 bits per heavy atom. The summed E-state index contributed by atoms with van der Waals surface area (Å²) in [6, 6.07) is 0.990. The van der Waals surface area contributed by atoms with E-state index in [1.165, 1.54) is 12.2 Å². The van der Waals surface area contributed by atoms with Gasteiger partial charge in [0.15, 0.2) is 0 Å². The summed E-state index contributed by atoms with van der Waals surface area (Å²) in [5.74, 6) is 2.56. The minimum absolute atomic E-state index is 0.0284. The van der Waals surface area contributed by atoms with Gasteiger partial charge >= 0.3 is 0 Å². The summed E-state index contributed by atoms with van der Waals surface area (Å²) >= 11 is 1.97. The van der Waals surface area contributed by atoms with Gasteiger partial charge in [-0.3, -0.25) is 4.79 Å². The highest BCUT2D eigenvalue weighted by atomic mass is 32.2. The van der Waals surface area contributed by atoms with Gasteiger partial charge in [-0.05, 0) is 31.9 Å². The number of carbonyl (C=O) groups is 1. The monoisotopic (exact) mass is 214 g/mol. The molecule has 2 aliphatic rings. The lowest BCUT2D eigenvalue weighted by atomic mass is 10.2. The lowest BCUT2D eigenvalue weighted by molar-refractivity contribution is -0.123. The lowest BCUT2D eigenvalue weighted by Crippen LogP contribution is -2.47. The van der Waals surface area contributed by atoms with Crippen molar-refractivity contribution in [3.63, 3.8) is 0 Å². The first-order chi connectivity index (χ1) is 6.75. The van der Waals surface area contributed by atoms with Crippen LogP contribution in [0.25, 0.3) is 0 Å². The van der Waals surface area contributed by atoms with E-state index in [0.717, 1.165) is 18.6 Å². The molecular weight excluding hydrogens is 196 g/mol. The fourth-order valence-corrected chi connectivity index (χ4v) is 2.81. The maximum absolute atomic E-state index is 11.6. The lowest BCUT2D eigenvalue weighted by Gasteiger charge is -2.18. The van der Waals surface area contributed by atoms with Gasteiger partial charge in [0.1, 0.15) is 0 Å². The van der Waals surface area contributed by atoms with Crippen LogP contribution in [0.15, 0.2) is 0 Å². The Morgan fingerprint density at radius 1 is 1.36 bits per heavy atom. The molecule has 3 nitrogen and oxygen atoms in total. The minimum atomic E-state index is -0.0284. The van der Waals surface area contributed by atoms with Gasteiger partial charge in [-0.1, -0.05) is 0 Å². The zero-order valence-corrected chi connectivity index (χ0v) is 9.40. The second kappa shape index (κ2) is 4.53. The number of hydrogen-bond acceptors (Lipinski definition) is 3. The average molecular weight is 214 g/mol. The van der Waals surface area contributed by atoms with Crippen LogP contribution in [0.1, 0.15) is 26.2 Å². The van der Waals surface area contributed by atoms with Crippen molar-refractivity contribution >= 4 is 17.7 Å². The Labute approximate surface area is 89.4 Å². The van der Waals surface area contributed by atoms with Crippen LogP contribution < -0.4 is 10.6 Å². The van der Waals surface area contributed by atoms with Gasteiger partial charge in [-0.15, -0.1) is 0 Å². The number of thioether (sulfide) groups is 1. The van der Waals surface area contributed by atoms with Crippen molar-refractivity contribution in [2.75, 3.05) is 11.5 Å². The Balaban J connectivity index is 1.69. The number of hydrogen-bond donors (Lipinski definition) is 2. The third kappa shape index (κ3) is 2.89. The van der Waals surface area contributed by atoms with Gasteiger partial charge < -0.3 is 10.6 Å². The predicted molar refractivity (Wildman–Crippen MR) is 59.5 cm³/mol. The van der Waals surface area contributed by atoms with Crippen molar-refractivity contribution in [3.05, 3.63) is 0 Å². The highest BCUT2D eigenvalue weighted by Gasteiger charge is 2.27. The second-order valence-corrected chi connectivity index (χ2v) is 5.38. The van der Waals surface area contributed by atoms with Gasteiger partial charge in [0.25, 0.3) is 0 Å². The molecule has 0 bridgehead atoms. The van der Waals surface area contributed by atoms with Gasteiger partial charge in [-0.25, -0.2) is 0 Å². The van der Waals surface area contributed by atoms with Crippen LogP contribution in [-0.4, -0.2) is 35.5 Å². The van der Waals surface area contributed by atoms with E-state index in [1.54, 1.807) is 0 Å². The first kappa shape index (κ1) is 10.3. The summed E-state index contributed by atoms with van der Waals surface area (Å²) in [6.07, 6.45) is 3.53. The summed E-state index contributed by atoms with van der Waals surface area (Å²) < 4.78 is 0. The zero-order valence-electron chi connectivity index (χ0n) is 8.58. The van der Waals surface area contributed by atoms with Crippen LogP contribution in [0.4, 0.5) is 0 Å². The molecule has 0 aromatic rings. The third-order valence-corrected chi connectivity index (χ3v) is 3.89. The standard InChI is InChI=1S/C10H18N2OS/c1-7(10(13)12-8-2-3-8)11-9-4-5-14-6-9/h7-9,11H,2-6H2,1H3,(H,12,13). The van der Waals surface area contributed by atoms with Crippen LogP contribution in [0.3, 0.4) is 0 Å². The van der Waals surface area contributed by atoms with Crippen LogP contribution in [0.2, 0.25) is 0 Å². The molecule has 0 radical (unpaired) electrons. The van der Waals surface area contributed by atoms with Gasteiger partial charge in [0.05, 0.1) is 6.04 Å². The molecule has 2 rings (SSSR count). The van der Waals surface area contributed by atoms with E-state index in [0.29, 0.717) is 12.1 Å². The molecule has 1 amide bonds. The van der Waals surface area contributed by atoms with Crippen LogP contribution in [0, 0.1) is 0 Å². The summed E-state index contributed by atoms with van der Waals surface area (Å²) in [4.78, 5) is 11.6. The first-order valence-electron chi connectivity index (χ1n) is 5.40. The van der Waals surface area contributed by atoms with Crippen LogP contribution >= 0.6 is 11.8 Å². The molecule has 4 heteroatoms. The van der Waals surface area contributed by atoms with Crippen LogP contribution in [0.5, 0.6) is 0 Å². The number of nitrogens with one attached hydrogen (secondary N) is 2. The highest BCUT2D eigenvalue weighted by molar-refractivity contribution is 7.99. The molecule has 2 N–H and O–H groups in total. The molecule has 2 atom stereocenters. The van der Waals surface area contributed by atoms with Crippen molar-refractivity contribution in [1.82, 2.24) is 10.6 Å². The Bertz CT molecular complexity index is 212. The highest BCUT2D eigenvalue weighted by Crippen LogP contribution is 2.19. The molecule has 80 valence electrons. The summed E-state index contributed by atoms with van der Waals surface area (Å²) in [6.45, 7) is 1.96. The molecule has 0 aromatic heterocycles. The van der Waals surface area contributed by atoms with Crippen molar-refractivity contribution in [1.29, 1.82) is 0 Å². The fourth-order valence-electron chi connectivity index (χ4n) is 1.65. The molecule has 0 aromatic carbocycles. The Kier molecular flexibility index (Phi) is 3.34. The third-order valence-electron chi connectivity index (χ3n) is 2.73. The predicted octanol–water partition coefficient (Wildman–Crippen LogP) is 0.749. The summed E-state index contributed by atoms with van der Waals surface area (Å²) in [5, 5.41) is 6.40. The van der Waals surface area contributed by atoms with Gasteiger partial charge in [0.2, 0.25) is 5.91 Å². The molecule has 1 aliphatic carbocycles. The normalized spacial score (nSPS) is 28.8. The Hall–Kier alpha value is -0.220. The average Bonchev–Trinajstić information content (AvgIpc) is 2.81. The quantitative estimate of drug-likeness (QED) is 0.725. The molecule has 2 fully saturated rings. The SMILES string of the molecule is CC(NC1CCSC1)C(=O)NC1CC1. The molecule has 1 saturated heterocycles. The maximum atomic E-state index is 11.6. The van der Waals surface area contributed by atoms with E-state index < -0.39 is 0 Å². The van der Waals surface area contributed by atoms with Gasteiger partial charge in [-0.2, -0.15) is 11.8 Å². The van der Waals surface area contributed by atoms with Crippen molar-refractivity contribution in [2.24, 2.45) is 0 Å². The Morgan fingerprint density at radius 2 is 2.14 bits per heavy atom. The van der Waals surface area contributed by atoms with Gasteiger partial charge in [0, 0.05) is 17.8 Å².